The van der Waals surface area contributed by atoms with Gasteiger partial charge in [0.25, 0.3) is 0 Å². The molecule has 0 aromatic heterocycles. The van der Waals surface area contributed by atoms with Crippen LogP contribution in [0.4, 0.5) is 8.28 Å². The summed E-state index contributed by atoms with van der Waals surface area (Å²) in [5.41, 5.74) is -0.0795. The van der Waals surface area contributed by atoms with Gasteiger partial charge in [0.05, 0.1) is 5.02 Å². The fourth-order valence-electron chi connectivity index (χ4n) is 0.846. The zero-order valence-corrected chi connectivity index (χ0v) is 7.87. The number of rotatable bonds is 2. The smallest absolute Gasteiger partial charge is 0.205 e. The van der Waals surface area contributed by atoms with Crippen LogP contribution in [-0.2, 0) is 16.0 Å². The van der Waals surface area contributed by atoms with Gasteiger partial charge in [0, 0.05) is 0 Å². The van der Waals surface area contributed by atoms with Gasteiger partial charge in [-0.15, -0.1) is 3.89 Å². The van der Waals surface area contributed by atoms with Crippen molar-refractivity contribution in [3.63, 3.8) is 0 Å². The molecule has 2 nitrogen and oxygen atoms in total. The van der Waals surface area contributed by atoms with Crippen molar-refractivity contribution < 1.29 is 16.7 Å². The summed E-state index contributed by atoms with van der Waals surface area (Å²) in [6.07, 6.45) is 0. The van der Waals surface area contributed by atoms with Crippen LogP contribution in [0, 0.1) is 5.82 Å². The van der Waals surface area contributed by atoms with Crippen molar-refractivity contribution in [1.29, 1.82) is 0 Å². The Morgan fingerprint density at radius 3 is 2.54 bits per heavy atom. The number of hydrogen-bond acceptors (Lipinski definition) is 2. The van der Waals surface area contributed by atoms with Crippen molar-refractivity contribution in [2.45, 2.75) is 5.75 Å². The third kappa shape index (κ3) is 2.93. The van der Waals surface area contributed by atoms with E-state index in [4.69, 9.17) is 11.6 Å². The molecule has 0 bridgehead atoms. The maximum Gasteiger partial charge on any atom is 0.306 e. The summed E-state index contributed by atoms with van der Waals surface area (Å²) in [7, 11) is -4.67. The van der Waals surface area contributed by atoms with Gasteiger partial charge < -0.3 is 0 Å². The first kappa shape index (κ1) is 10.4. The Kier molecular flexibility index (Phi) is 2.87. The van der Waals surface area contributed by atoms with Crippen molar-refractivity contribution in [2.24, 2.45) is 0 Å². The van der Waals surface area contributed by atoms with E-state index in [0.717, 1.165) is 6.07 Å². The standard InChI is InChI=1S/C7H5ClF2O2S/c8-7-5(4-13(10,11)12)2-1-3-6(7)9/h1-3H,4H2. The van der Waals surface area contributed by atoms with Crippen LogP contribution in [0.25, 0.3) is 0 Å². The van der Waals surface area contributed by atoms with Crippen LogP contribution in [0.15, 0.2) is 18.2 Å². The van der Waals surface area contributed by atoms with Crippen LogP contribution in [-0.4, -0.2) is 8.42 Å². The zero-order valence-electron chi connectivity index (χ0n) is 6.30. The van der Waals surface area contributed by atoms with Gasteiger partial charge in [-0.1, -0.05) is 23.7 Å². The number of halogens is 3. The van der Waals surface area contributed by atoms with E-state index >= 15 is 0 Å². The van der Waals surface area contributed by atoms with E-state index in [1.807, 2.05) is 0 Å². The zero-order chi connectivity index (χ0) is 10.1. The molecule has 0 aliphatic rings. The summed E-state index contributed by atoms with van der Waals surface area (Å²) in [5, 5.41) is -0.358. The fraction of sp³-hybridized carbons (Fsp3) is 0.143. The third-order valence-corrected chi connectivity index (χ3v) is 2.44. The van der Waals surface area contributed by atoms with Crippen LogP contribution in [0.5, 0.6) is 0 Å². The van der Waals surface area contributed by atoms with E-state index in [-0.39, 0.29) is 10.6 Å². The molecule has 0 aliphatic carbocycles. The minimum absolute atomic E-state index is 0.0795. The van der Waals surface area contributed by atoms with Gasteiger partial charge in [0.1, 0.15) is 11.6 Å². The number of hydrogen-bond donors (Lipinski definition) is 0. The van der Waals surface area contributed by atoms with Gasteiger partial charge in [0.15, 0.2) is 0 Å². The second-order valence-electron chi connectivity index (χ2n) is 2.40. The molecule has 0 unspecified atom stereocenters. The molecule has 1 aromatic rings. The van der Waals surface area contributed by atoms with E-state index < -0.39 is 21.8 Å². The minimum atomic E-state index is -4.67. The van der Waals surface area contributed by atoms with E-state index in [1.165, 1.54) is 12.1 Å². The lowest BCUT2D eigenvalue weighted by Crippen LogP contribution is -1.97. The lowest BCUT2D eigenvalue weighted by Gasteiger charge is -2.00. The summed E-state index contributed by atoms with van der Waals surface area (Å²) < 4.78 is 45.3. The van der Waals surface area contributed by atoms with Gasteiger partial charge in [-0.05, 0) is 11.6 Å². The molecule has 0 atom stereocenters. The predicted octanol–water partition coefficient (Wildman–Crippen LogP) is 2.28. The molecule has 72 valence electrons. The second-order valence-corrected chi connectivity index (χ2v) is 4.14. The first-order valence-electron chi connectivity index (χ1n) is 3.25. The molecule has 0 amide bonds. The van der Waals surface area contributed by atoms with Gasteiger partial charge in [0.2, 0.25) is 0 Å². The molecule has 0 heterocycles. The fourth-order valence-corrected chi connectivity index (χ4v) is 1.73. The van der Waals surface area contributed by atoms with E-state index in [1.54, 1.807) is 0 Å². The molecule has 13 heavy (non-hydrogen) atoms. The highest BCUT2D eigenvalue weighted by Crippen LogP contribution is 2.21. The van der Waals surface area contributed by atoms with Crippen LogP contribution in [0.1, 0.15) is 5.56 Å². The van der Waals surface area contributed by atoms with Gasteiger partial charge in [-0.3, -0.25) is 0 Å². The summed E-state index contributed by atoms with van der Waals surface area (Å²) in [6.45, 7) is 0. The molecule has 0 saturated heterocycles. The number of benzene rings is 1. The Morgan fingerprint density at radius 1 is 1.38 bits per heavy atom. The van der Waals surface area contributed by atoms with Crippen LogP contribution >= 0.6 is 11.6 Å². The average Bonchev–Trinajstić information content (AvgIpc) is 1.96. The van der Waals surface area contributed by atoms with Crippen LogP contribution in [0.2, 0.25) is 5.02 Å². The molecular formula is C7H5ClF2O2S. The molecular weight excluding hydrogens is 222 g/mol. The first-order chi connectivity index (χ1) is 5.90. The summed E-state index contributed by atoms with van der Waals surface area (Å²) in [4.78, 5) is 0. The average molecular weight is 227 g/mol. The molecule has 1 aromatic carbocycles. The molecule has 0 spiro atoms. The molecule has 0 saturated carbocycles. The molecule has 6 heteroatoms. The Bertz CT molecular complexity index is 417. The summed E-state index contributed by atoms with van der Waals surface area (Å²) in [6, 6.07) is 3.58. The molecule has 0 aliphatic heterocycles. The lowest BCUT2D eigenvalue weighted by atomic mass is 10.2. The van der Waals surface area contributed by atoms with E-state index in [9.17, 15) is 16.7 Å². The van der Waals surface area contributed by atoms with E-state index in [2.05, 4.69) is 0 Å². The van der Waals surface area contributed by atoms with Gasteiger partial charge >= 0.3 is 10.2 Å². The van der Waals surface area contributed by atoms with Crippen molar-refractivity contribution in [1.82, 2.24) is 0 Å². The normalized spacial score (nSPS) is 11.6. The maximum atomic E-state index is 12.7. The quantitative estimate of drug-likeness (QED) is 0.725. The largest absolute Gasteiger partial charge is 0.306 e. The molecule has 1 rings (SSSR count). The van der Waals surface area contributed by atoms with Crippen molar-refractivity contribution in [3.05, 3.63) is 34.6 Å². The van der Waals surface area contributed by atoms with Crippen molar-refractivity contribution in [2.75, 3.05) is 0 Å². The Morgan fingerprint density at radius 2 is 2.00 bits per heavy atom. The SMILES string of the molecule is O=S(=O)(F)Cc1cccc(F)c1Cl. The highest BCUT2D eigenvalue weighted by molar-refractivity contribution is 7.85. The van der Waals surface area contributed by atoms with Crippen molar-refractivity contribution in [3.8, 4) is 0 Å². The van der Waals surface area contributed by atoms with Gasteiger partial charge in [-0.25, -0.2) is 4.39 Å². The maximum absolute atomic E-state index is 12.7. The lowest BCUT2D eigenvalue weighted by molar-refractivity contribution is 0.551. The third-order valence-electron chi connectivity index (χ3n) is 1.36. The molecule has 0 N–H and O–H groups in total. The Hall–Kier alpha value is -0.680. The highest BCUT2D eigenvalue weighted by Gasteiger charge is 2.13. The first-order valence-corrected chi connectivity index (χ1v) is 5.18. The van der Waals surface area contributed by atoms with Gasteiger partial charge in [-0.2, -0.15) is 8.42 Å². The second kappa shape index (κ2) is 3.59. The van der Waals surface area contributed by atoms with Crippen LogP contribution < -0.4 is 0 Å². The predicted molar refractivity (Wildman–Crippen MR) is 45.1 cm³/mol. The van der Waals surface area contributed by atoms with E-state index in [0.29, 0.717) is 0 Å². The van der Waals surface area contributed by atoms with Crippen LogP contribution in [0.3, 0.4) is 0 Å². The minimum Gasteiger partial charge on any atom is -0.205 e. The summed E-state index contributed by atoms with van der Waals surface area (Å²) in [5.74, 6) is -1.66. The van der Waals surface area contributed by atoms with Crippen molar-refractivity contribution >= 4 is 21.8 Å². The molecule has 0 radical (unpaired) electrons. The Labute approximate surface area is 79.4 Å². The Balaban J connectivity index is 3.10. The summed E-state index contributed by atoms with van der Waals surface area (Å²) >= 11 is 5.39. The topological polar surface area (TPSA) is 34.1 Å². The monoisotopic (exact) mass is 226 g/mol. The molecule has 0 fully saturated rings. The highest BCUT2D eigenvalue weighted by atomic mass is 35.5.